The number of pyridine rings is 1. The Bertz CT molecular complexity index is 558. The number of halogens is 3. The van der Waals surface area contributed by atoms with Crippen LogP contribution in [-0.4, -0.2) is 11.6 Å². The normalized spacial score (nSPS) is 13.0. The molecule has 20 heavy (non-hydrogen) atoms. The summed E-state index contributed by atoms with van der Waals surface area (Å²) in [6.07, 6.45) is -1.30. The molecule has 0 aliphatic heterocycles. The summed E-state index contributed by atoms with van der Waals surface area (Å²) < 4.78 is 43.5. The fourth-order valence-corrected chi connectivity index (χ4v) is 1.70. The van der Waals surface area contributed by atoms with Gasteiger partial charge in [0.1, 0.15) is 12.4 Å². The summed E-state index contributed by atoms with van der Waals surface area (Å²) in [6.45, 7) is -0.0568. The topological polar surface area (TPSA) is 48.1 Å². The summed E-state index contributed by atoms with van der Waals surface area (Å²) in [6, 6.07) is 7.97. The Morgan fingerprint density at radius 1 is 1.15 bits per heavy atom. The molecule has 1 heterocycles. The number of para-hydroxylation sites is 1. The van der Waals surface area contributed by atoms with Crippen LogP contribution in [0.4, 0.5) is 13.2 Å². The summed E-state index contributed by atoms with van der Waals surface area (Å²) in [5.41, 5.74) is 5.75. The van der Waals surface area contributed by atoms with E-state index in [1.165, 1.54) is 18.2 Å². The van der Waals surface area contributed by atoms with Gasteiger partial charge in [-0.05, 0) is 23.8 Å². The highest BCUT2D eigenvalue weighted by Crippen LogP contribution is 2.36. The molecule has 2 aromatic rings. The van der Waals surface area contributed by atoms with Gasteiger partial charge in [-0.25, -0.2) is 0 Å². The van der Waals surface area contributed by atoms with Crippen molar-refractivity contribution in [2.45, 2.75) is 12.2 Å². The summed E-state index contributed by atoms with van der Waals surface area (Å²) in [5.74, 6) is -0.223. The maximum absolute atomic E-state index is 12.8. The highest BCUT2D eigenvalue weighted by Gasteiger charge is 2.34. The van der Waals surface area contributed by atoms with E-state index in [0.717, 1.165) is 6.07 Å². The number of benzene rings is 1. The Balaban J connectivity index is 2.08. The highest BCUT2D eigenvalue weighted by molar-refractivity contribution is 5.35. The van der Waals surface area contributed by atoms with Crippen molar-refractivity contribution in [3.63, 3.8) is 0 Å². The third-order valence-corrected chi connectivity index (χ3v) is 2.72. The van der Waals surface area contributed by atoms with Crippen LogP contribution < -0.4 is 10.5 Å². The van der Waals surface area contributed by atoms with E-state index >= 15 is 0 Å². The van der Waals surface area contributed by atoms with Crippen LogP contribution in [0, 0.1) is 0 Å². The number of nitrogens with zero attached hydrogens (tertiary/aromatic N) is 1. The van der Waals surface area contributed by atoms with Crippen molar-refractivity contribution in [1.29, 1.82) is 0 Å². The fourth-order valence-electron chi connectivity index (χ4n) is 1.70. The molecule has 2 N–H and O–H groups in total. The molecular formula is C14H13F3N2O. The molecule has 2 rings (SSSR count). The molecule has 0 amide bonds. The predicted molar refractivity (Wildman–Crippen MR) is 68.1 cm³/mol. The molecular weight excluding hydrogens is 269 g/mol. The first kappa shape index (κ1) is 14.3. The monoisotopic (exact) mass is 282 g/mol. The lowest BCUT2D eigenvalue weighted by molar-refractivity contribution is -0.139. The van der Waals surface area contributed by atoms with Crippen LogP contribution in [0.15, 0.2) is 48.8 Å². The Hall–Kier alpha value is -2.08. The molecule has 1 unspecified atom stereocenters. The molecule has 1 aromatic heterocycles. The zero-order valence-electron chi connectivity index (χ0n) is 10.5. The lowest BCUT2D eigenvalue weighted by Gasteiger charge is -2.16. The number of aromatic nitrogens is 1. The van der Waals surface area contributed by atoms with Crippen LogP contribution in [0.2, 0.25) is 0 Å². The third-order valence-electron chi connectivity index (χ3n) is 2.72. The zero-order valence-corrected chi connectivity index (χ0v) is 10.5. The minimum Gasteiger partial charge on any atom is -0.491 e. The van der Waals surface area contributed by atoms with E-state index in [1.54, 1.807) is 24.5 Å². The molecule has 0 spiro atoms. The molecule has 0 aliphatic carbocycles. The smallest absolute Gasteiger partial charge is 0.419 e. The van der Waals surface area contributed by atoms with Gasteiger partial charge in [-0.2, -0.15) is 13.2 Å². The minimum absolute atomic E-state index is 0.0568. The van der Waals surface area contributed by atoms with Crippen molar-refractivity contribution < 1.29 is 17.9 Å². The van der Waals surface area contributed by atoms with Gasteiger partial charge < -0.3 is 10.5 Å². The second-order valence-corrected chi connectivity index (χ2v) is 4.20. The lowest BCUT2D eigenvalue weighted by Crippen LogP contribution is -2.20. The van der Waals surface area contributed by atoms with E-state index in [1.807, 2.05) is 0 Å². The maximum atomic E-state index is 12.8. The Labute approximate surface area is 114 Å². The molecule has 0 fully saturated rings. The van der Waals surface area contributed by atoms with Crippen molar-refractivity contribution >= 4 is 0 Å². The first-order valence-electron chi connectivity index (χ1n) is 5.93. The molecule has 6 heteroatoms. The second-order valence-electron chi connectivity index (χ2n) is 4.20. The van der Waals surface area contributed by atoms with Crippen LogP contribution in [0.1, 0.15) is 17.2 Å². The van der Waals surface area contributed by atoms with Gasteiger partial charge in [-0.1, -0.05) is 18.2 Å². The van der Waals surface area contributed by atoms with E-state index in [9.17, 15) is 13.2 Å². The zero-order chi connectivity index (χ0) is 14.6. The first-order valence-corrected chi connectivity index (χ1v) is 5.93. The molecule has 106 valence electrons. The average Bonchev–Trinajstić information content (AvgIpc) is 2.45. The largest absolute Gasteiger partial charge is 0.491 e. The maximum Gasteiger partial charge on any atom is 0.419 e. The highest BCUT2D eigenvalue weighted by atomic mass is 19.4. The quantitative estimate of drug-likeness (QED) is 0.937. The van der Waals surface area contributed by atoms with Crippen molar-refractivity contribution in [1.82, 2.24) is 4.98 Å². The van der Waals surface area contributed by atoms with Gasteiger partial charge in [0.2, 0.25) is 0 Å². The Morgan fingerprint density at radius 2 is 1.90 bits per heavy atom. The summed E-state index contributed by atoms with van der Waals surface area (Å²) in [7, 11) is 0. The summed E-state index contributed by atoms with van der Waals surface area (Å²) in [5, 5.41) is 0. The summed E-state index contributed by atoms with van der Waals surface area (Å²) >= 11 is 0. The molecule has 0 saturated heterocycles. The van der Waals surface area contributed by atoms with Gasteiger partial charge >= 0.3 is 6.18 Å². The van der Waals surface area contributed by atoms with Gasteiger partial charge in [0, 0.05) is 12.4 Å². The standard InChI is InChI=1S/C14H13F3N2O/c15-14(16,17)11-5-1-2-6-13(11)20-9-12(18)10-4-3-7-19-8-10/h1-8,12H,9,18H2. The van der Waals surface area contributed by atoms with E-state index in [2.05, 4.69) is 4.98 Å². The Kier molecular flexibility index (Phi) is 4.24. The average molecular weight is 282 g/mol. The number of rotatable bonds is 4. The SMILES string of the molecule is NC(COc1ccccc1C(F)(F)F)c1cccnc1. The minimum atomic E-state index is -4.45. The van der Waals surface area contributed by atoms with Crippen LogP contribution in [0.5, 0.6) is 5.75 Å². The van der Waals surface area contributed by atoms with E-state index < -0.39 is 17.8 Å². The van der Waals surface area contributed by atoms with Crippen molar-refractivity contribution in [2.24, 2.45) is 5.73 Å². The number of nitrogens with two attached hydrogens (primary N) is 1. The van der Waals surface area contributed by atoms with Crippen LogP contribution in [-0.2, 0) is 6.18 Å². The number of hydrogen-bond donors (Lipinski definition) is 1. The fraction of sp³-hybridized carbons (Fsp3) is 0.214. The first-order chi connectivity index (χ1) is 9.48. The molecule has 1 atom stereocenters. The van der Waals surface area contributed by atoms with Gasteiger partial charge in [0.05, 0.1) is 11.6 Å². The van der Waals surface area contributed by atoms with Gasteiger partial charge in [-0.15, -0.1) is 0 Å². The van der Waals surface area contributed by atoms with Crippen LogP contribution in [0.3, 0.4) is 0 Å². The van der Waals surface area contributed by atoms with Gasteiger partial charge in [-0.3, -0.25) is 4.98 Å². The molecule has 0 bridgehead atoms. The third kappa shape index (κ3) is 3.48. The van der Waals surface area contributed by atoms with Crippen molar-refractivity contribution in [3.8, 4) is 5.75 Å². The molecule has 0 radical (unpaired) electrons. The van der Waals surface area contributed by atoms with E-state index in [0.29, 0.717) is 5.56 Å². The second kappa shape index (κ2) is 5.92. The van der Waals surface area contributed by atoms with Gasteiger partial charge in [0.15, 0.2) is 0 Å². The van der Waals surface area contributed by atoms with Gasteiger partial charge in [0.25, 0.3) is 0 Å². The van der Waals surface area contributed by atoms with Crippen molar-refractivity contribution in [3.05, 3.63) is 59.9 Å². The van der Waals surface area contributed by atoms with Crippen LogP contribution >= 0.6 is 0 Å². The lowest BCUT2D eigenvalue weighted by atomic mass is 10.1. The van der Waals surface area contributed by atoms with Crippen LogP contribution in [0.25, 0.3) is 0 Å². The molecule has 0 aliphatic rings. The predicted octanol–water partition coefficient (Wildman–Crippen LogP) is 3.18. The Morgan fingerprint density at radius 3 is 2.55 bits per heavy atom. The number of ether oxygens (including phenoxy) is 1. The van der Waals surface area contributed by atoms with E-state index in [4.69, 9.17) is 10.5 Å². The molecule has 0 saturated carbocycles. The van der Waals surface area contributed by atoms with Crippen molar-refractivity contribution in [2.75, 3.05) is 6.61 Å². The molecule has 3 nitrogen and oxygen atoms in total. The summed E-state index contributed by atoms with van der Waals surface area (Å²) in [4.78, 5) is 3.90. The number of alkyl halides is 3. The van der Waals surface area contributed by atoms with E-state index in [-0.39, 0.29) is 12.4 Å². The molecule has 1 aromatic carbocycles. The number of hydrogen-bond acceptors (Lipinski definition) is 3.